The molecule has 0 fully saturated rings. The van der Waals surface area contributed by atoms with E-state index < -0.39 is 0 Å². The molecule has 2 rings (SSSR count). The third-order valence-corrected chi connectivity index (χ3v) is 4.17. The zero-order chi connectivity index (χ0) is 11.9. The van der Waals surface area contributed by atoms with E-state index in [4.69, 9.17) is 0 Å². The SMILES string of the molecule is CSCCCCCNc1ncnc2ccsc12. The molecule has 0 atom stereocenters. The molecule has 17 heavy (non-hydrogen) atoms. The maximum atomic E-state index is 4.30. The van der Waals surface area contributed by atoms with Gasteiger partial charge in [-0.1, -0.05) is 6.42 Å². The van der Waals surface area contributed by atoms with Gasteiger partial charge in [-0.2, -0.15) is 11.8 Å². The minimum atomic E-state index is 0.981. The average Bonchev–Trinajstić information content (AvgIpc) is 2.82. The lowest BCUT2D eigenvalue weighted by molar-refractivity contribution is 0.748. The first-order valence-electron chi connectivity index (χ1n) is 5.83. The lowest BCUT2D eigenvalue weighted by Gasteiger charge is -2.05. The number of thioether (sulfide) groups is 1. The van der Waals surface area contributed by atoms with E-state index in [1.807, 2.05) is 17.8 Å². The maximum absolute atomic E-state index is 4.30. The Kier molecular flexibility index (Phi) is 5.07. The molecule has 0 aliphatic carbocycles. The van der Waals surface area contributed by atoms with Gasteiger partial charge in [0.05, 0.1) is 10.2 Å². The van der Waals surface area contributed by atoms with E-state index in [1.54, 1.807) is 17.7 Å². The second kappa shape index (κ2) is 6.81. The maximum Gasteiger partial charge on any atom is 0.147 e. The molecule has 0 spiro atoms. The molecule has 2 aromatic heterocycles. The van der Waals surface area contributed by atoms with Gasteiger partial charge in [0.25, 0.3) is 0 Å². The van der Waals surface area contributed by atoms with Gasteiger partial charge < -0.3 is 5.32 Å². The first-order valence-corrected chi connectivity index (χ1v) is 8.10. The van der Waals surface area contributed by atoms with E-state index in [2.05, 4.69) is 26.9 Å². The van der Waals surface area contributed by atoms with Gasteiger partial charge in [-0.3, -0.25) is 0 Å². The van der Waals surface area contributed by atoms with E-state index >= 15 is 0 Å². The Morgan fingerprint density at radius 2 is 2.24 bits per heavy atom. The molecule has 0 radical (unpaired) electrons. The summed E-state index contributed by atoms with van der Waals surface area (Å²) in [5, 5.41) is 5.46. The highest BCUT2D eigenvalue weighted by Gasteiger charge is 2.03. The number of thiophene rings is 1. The summed E-state index contributed by atoms with van der Waals surface area (Å²) >= 11 is 3.61. The summed E-state index contributed by atoms with van der Waals surface area (Å²) in [7, 11) is 0. The summed E-state index contributed by atoms with van der Waals surface area (Å²) < 4.78 is 1.16. The van der Waals surface area contributed by atoms with Crippen molar-refractivity contribution in [2.24, 2.45) is 0 Å². The minimum Gasteiger partial charge on any atom is -0.369 e. The van der Waals surface area contributed by atoms with Crippen molar-refractivity contribution >= 4 is 39.1 Å². The van der Waals surface area contributed by atoms with E-state index in [0.717, 1.165) is 22.6 Å². The van der Waals surface area contributed by atoms with Crippen molar-refractivity contribution in [3.63, 3.8) is 0 Å². The highest BCUT2D eigenvalue weighted by atomic mass is 32.2. The molecule has 0 aliphatic heterocycles. The van der Waals surface area contributed by atoms with Gasteiger partial charge in [-0.05, 0) is 36.3 Å². The number of hydrogen-bond donors (Lipinski definition) is 1. The molecule has 2 aromatic rings. The number of anilines is 1. The van der Waals surface area contributed by atoms with Gasteiger partial charge in [0.2, 0.25) is 0 Å². The Hall–Kier alpha value is -0.810. The normalized spacial score (nSPS) is 10.9. The molecular formula is C12H17N3S2. The number of nitrogens with zero attached hydrogens (tertiary/aromatic N) is 2. The Bertz CT molecular complexity index is 456. The second-order valence-corrected chi connectivity index (χ2v) is 5.74. The smallest absolute Gasteiger partial charge is 0.147 e. The van der Waals surface area contributed by atoms with Crippen molar-refractivity contribution < 1.29 is 0 Å². The highest BCUT2D eigenvalue weighted by Crippen LogP contribution is 2.24. The van der Waals surface area contributed by atoms with E-state index in [0.29, 0.717) is 0 Å². The van der Waals surface area contributed by atoms with Crippen LogP contribution in [0.3, 0.4) is 0 Å². The standard InChI is InChI=1S/C12H17N3S2/c1-16-7-4-2-3-6-13-12-11-10(5-8-17-11)14-9-15-12/h5,8-9H,2-4,6-7H2,1H3,(H,13,14,15). The Labute approximate surface area is 110 Å². The fourth-order valence-corrected chi connectivity index (χ4v) is 2.97. The van der Waals surface area contributed by atoms with Gasteiger partial charge in [0, 0.05) is 6.54 Å². The zero-order valence-electron chi connectivity index (χ0n) is 9.98. The number of hydrogen-bond acceptors (Lipinski definition) is 5. The van der Waals surface area contributed by atoms with Crippen LogP contribution in [-0.4, -0.2) is 28.5 Å². The quantitative estimate of drug-likeness (QED) is 0.777. The lowest BCUT2D eigenvalue weighted by Crippen LogP contribution is -2.03. The Morgan fingerprint density at radius 1 is 1.29 bits per heavy atom. The van der Waals surface area contributed by atoms with Crippen molar-refractivity contribution in [1.82, 2.24) is 9.97 Å². The summed E-state index contributed by atoms with van der Waals surface area (Å²) in [5.74, 6) is 2.25. The van der Waals surface area contributed by atoms with Crippen molar-refractivity contribution in [1.29, 1.82) is 0 Å². The number of rotatable bonds is 7. The molecule has 0 saturated carbocycles. The molecule has 0 unspecified atom stereocenters. The summed E-state index contributed by atoms with van der Waals surface area (Å²) in [6.45, 7) is 0.998. The Morgan fingerprint density at radius 3 is 3.12 bits per heavy atom. The summed E-state index contributed by atoms with van der Waals surface area (Å²) in [5.41, 5.74) is 1.04. The third kappa shape index (κ3) is 3.57. The molecule has 0 aromatic carbocycles. The van der Waals surface area contributed by atoms with Crippen LogP contribution in [-0.2, 0) is 0 Å². The zero-order valence-corrected chi connectivity index (χ0v) is 11.6. The van der Waals surface area contributed by atoms with E-state index in [9.17, 15) is 0 Å². The molecule has 0 amide bonds. The van der Waals surface area contributed by atoms with Crippen LogP contribution in [0.25, 0.3) is 10.2 Å². The minimum absolute atomic E-state index is 0.981. The summed E-state index contributed by atoms with van der Waals surface area (Å²) in [4.78, 5) is 8.52. The number of unbranched alkanes of at least 4 members (excludes halogenated alkanes) is 2. The number of fused-ring (bicyclic) bond motifs is 1. The molecule has 0 aliphatic rings. The molecule has 3 nitrogen and oxygen atoms in total. The first-order chi connectivity index (χ1) is 8.42. The van der Waals surface area contributed by atoms with Crippen LogP contribution in [0.5, 0.6) is 0 Å². The Balaban J connectivity index is 1.80. The lowest BCUT2D eigenvalue weighted by atomic mass is 10.2. The number of aromatic nitrogens is 2. The fourth-order valence-electron chi connectivity index (χ4n) is 1.67. The van der Waals surface area contributed by atoms with Gasteiger partial charge >= 0.3 is 0 Å². The fraction of sp³-hybridized carbons (Fsp3) is 0.500. The summed E-state index contributed by atoms with van der Waals surface area (Å²) in [6, 6.07) is 2.03. The van der Waals surface area contributed by atoms with Crippen LogP contribution >= 0.6 is 23.1 Å². The van der Waals surface area contributed by atoms with E-state index in [-0.39, 0.29) is 0 Å². The van der Waals surface area contributed by atoms with Crippen molar-refractivity contribution in [2.45, 2.75) is 19.3 Å². The van der Waals surface area contributed by atoms with Crippen LogP contribution < -0.4 is 5.32 Å². The predicted octanol–water partition coefficient (Wildman–Crippen LogP) is 3.64. The first kappa shape index (κ1) is 12.6. The number of nitrogens with one attached hydrogen (secondary N) is 1. The highest BCUT2D eigenvalue weighted by molar-refractivity contribution is 7.98. The third-order valence-electron chi connectivity index (χ3n) is 2.56. The van der Waals surface area contributed by atoms with Crippen molar-refractivity contribution in [3.8, 4) is 0 Å². The molecule has 92 valence electrons. The monoisotopic (exact) mass is 267 g/mol. The van der Waals surface area contributed by atoms with Gasteiger partial charge in [0.1, 0.15) is 12.1 Å². The topological polar surface area (TPSA) is 37.8 Å². The van der Waals surface area contributed by atoms with Crippen LogP contribution in [0.15, 0.2) is 17.8 Å². The van der Waals surface area contributed by atoms with Gasteiger partial charge in [-0.25, -0.2) is 9.97 Å². The molecule has 5 heteroatoms. The van der Waals surface area contributed by atoms with Crippen LogP contribution in [0, 0.1) is 0 Å². The molecule has 1 N–H and O–H groups in total. The predicted molar refractivity (Wildman–Crippen MR) is 78.1 cm³/mol. The average molecular weight is 267 g/mol. The summed E-state index contributed by atoms with van der Waals surface area (Å²) in [6.07, 6.45) is 7.59. The van der Waals surface area contributed by atoms with Crippen LogP contribution in [0.1, 0.15) is 19.3 Å². The van der Waals surface area contributed by atoms with Gasteiger partial charge in [0.15, 0.2) is 0 Å². The second-order valence-electron chi connectivity index (χ2n) is 3.84. The van der Waals surface area contributed by atoms with E-state index in [1.165, 1.54) is 25.0 Å². The van der Waals surface area contributed by atoms with Crippen LogP contribution in [0.2, 0.25) is 0 Å². The van der Waals surface area contributed by atoms with Crippen molar-refractivity contribution in [3.05, 3.63) is 17.8 Å². The molecule has 0 saturated heterocycles. The van der Waals surface area contributed by atoms with Crippen LogP contribution in [0.4, 0.5) is 5.82 Å². The van der Waals surface area contributed by atoms with Crippen molar-refractivity contribution in [2.75, 3.05) is 23.9 Å². The van der Waals surface area contributed by atoms with Gasteiger partial charge in [-0.15, -0.1) is 11.3 Å². The largest absolute Gasteiger partial charge is 0.369 e. The molecular weight excluding hydrogens is 250 g/mol. The molecule has 0 bridgehead atoms. The molecule has 2 heterocycles.